The highest BCUT2D eigenvalue weighted by Gasteiger charge is 2.33. The van der Waals surface area contributed by atoms with Crippen molar-refractivity contribution in [1.82, 2.24) is 20.2 Å². The molecule has 2 aliphatic heterocycles. The molecule has 2 atom stereocenters. The van der Waals surface area contributed by atoms with Gasteiger partial charge in [0.05, 0.1) is 6.54 Å². The molecule has 2 amide bonds. The molecule has 0 spiro atoms. The first kappa shape index (κ1) is 15.2. The fourth-order valence-electron chi connectivity index (χ4n) is 2.90. The lowest BCUT2D eigenvalue weighted by atomic mass is 10.1. The van der Waals surface area contributed by atoms with Crippen molar-refractivity contribution in [3.63, 3.8) is 0 Å². The number of carbonyl (C=O) groups excluding carboxylic acids is 2. The SMILES string of the molecule is N#Cc1nccnc1O[C@@H]1CCCN(C(=O)[C@@H]2CCC(=O)N2)C1. The van der Waals surface area contributed by atoms with Crippen LogP contribution in [0.4, 0.5) is 0 Å². The van der Waals surface area contributed by atoms with Crippen LogP contribution in [0.3, 0.4) is 0 Å². The average Bonchev–Trinajstić information content (AvgIpc) is 3.01. The summed E-state index contributed by atoms with van der Waals surface area (Å²) in [5, 5.41) is 11.7. The van der Waals surface area contributed by atoms with Gasteiger partial charge < -0.3 is 15.0 Å². The molecule has 1 aromatic rings. The second kappa shape index (κ2) is 6.60. The molecule has 3 rings (SSSR count). The first-order valence-electron chi connectivity index (χ1n) is 7.63. The molecule has 2 fully saturated rings. The summed E-state index contributed by atoms with van der Waals surface area (Å²) >= 11 is 0. The summed E-state index contributed by atoms with van der Waals surface area (Å²) in [5.74, 6) is 0.0543. The van der Waals surface area contributed by atoms with Gasteiger partial charge in [-0.15, -0.1) is 0 Å². The van der Waals surface area contributed by atoms with Crippen LogP contribution in [-0.2, 0) is 9.59 Å². The van der Waals surface area contributed by atoms with Gasteiger partial charge in [0.1, 0.15) is 18.2 Å². The van der Waals surface area contributed by atoms with Gasteiger partial charge in [-0.25, -0.2) is 9.97 Å². The van der Waals surface area contributed by atoms with E-state index in [4.69, 9.17) is 10.00 Å². The lowest BCUT2D eigenvalue weighted by Gasteiger charge is -2.34. The Kier molecular flexibility index (Phi) is 4.37. The molecule has 23 heavy (non-hydrogen) atoms. The minimum absolute atomic E-state index is 0.0659. The van der Waals surface area contributed by atoms with E-state index in [1.807, 2.05) is 6.07 Å². The van der Waals surface area contributed by atoms with Crippen molar-refractivity contribution in [2.75, 3.05) is 13.1 Å². The number of rotatable bonds is 3. The van der Waals surface area contributed by atoms with E-state index in [2.05, 4.69) is 15.3 Å². The van der Waals surface area contributed by atoms with Crippen LogP contribution in [-0.4, -0.2) is 51.9 Å². The number of carbonyl (C=O) groups is 2. The molecule has 0 unspecified atom stereocenters. The zero-order chi connectivity index (χ0) is 16.2. The Balaban J connectivity index is 1.63. The number of likely N-dealkylation sites (tertiary alicyclic amines) is 1. The molecule has 2 aliphatic rings. The van der Waals surface area contributed by atoms with Gasteiger partial charge in [0.25, 0.3) is 5.88 Å². The largest absolute Gasteiger partial charge is 0.470 e. The van der Waals surface area contributed by atoms with Gasteiger partial charge in [-0.05, 0) is 19.3 Å². The van der Waals surface area contributed by atoms with Crippen LogP contribution in [0.5, 0.6) is 5.88 Å². The van der Waals surface area contributed by atoms with Crippen molar-refractivity contribution >= 4 is 11.8 Å². The van der Waals surface area contributed by atoms with E-state index in [9.17, 15) is 9.59 Å². The Labute approximate surface area is 133 Å². The standard InChI is InChI=1S/C15H17N5O3/c16-8-12-14(18-6-5-17-12)23-10-2-1-7-20(9-10)15(22)11-3-4-13(21)19-11/h5-6,10-11H,1-4,7,9H2,(H,19,21)/t10-,11+/m1/s1. The maximum absolute atomic E-state index is 12.4. The highest BCUT2D eigenvalue weighted by molar-refractivity contribution is 5.90. The molecule has 1 aromatic heterocycles. The highest BCUT2D eigenvalue weighted by Crippen LogP contribution is 2.20. The van der Waals surface area contributed by atoms with Crippen molar-refractivity contribution in [1.29, 1.82) is 5.26 Å². The number of piperidine rings is 1. The van der Waals surface area contributed by atoms with Gasteiger partial charge in [-0.1, -0.05) is 0 Å². The van der Waals surface area contributed by atoms with Crippen LogP contribution < -0.4 is 10.1 Å². The van der Waals surface area contributed by atoms with Gasteiger partial charge in [0.15, 0.2) is 0 Å². The summed E-state index contributed by atoms with van der Waals surface area (Å²) in [7, 11) is 0. The summed E-state index contributed by atoms with van der Waals surface area (Å²) < 4.78 is 5.76. The molecule has 2 saturated heterocycles. The molecule has 0 aliphatic carbocycles. The molecule has 0 bridgehead atoms. The van der Waals surface area contributed by atoms with Crippen LogP contribution in [0.2, 0.25) is 0 Å². The molecule has 0 aromatic carbocycles. The number of nitriles is 1. The van der Waals surface area contributed by atoms with Crippen molar-refractivity contribution in [3.05, 3.63) is 18.1 Å². The van der Waals surface area contributed by atoms with Crippen LogP contribution in [0.25, 0.3) is 0 Å². The summed E-state index contributed by atoms with van der Waals surface area (Å²) in [4.78, 5) is 33.4. The summed E-state index contributed by atoms with van der Waals surface area (Å²) in [6.07, 6.45) is 5.20. The number of nitrogens with one attached hydrogen (secondary N) is 1. The van der Waals surface area contributed by atoms with Crippen molar-refractivity contribution in [2.45, 2.75) is 37.8 Å². The molecular weight excluding hydrogens is 298 g/mol. The number of aromatic nitrogens is 2. The maximum atomic E-state index is 12.4. The molecule has 1 N–H and O–H groups in total. The van der Waals surface area contributed by atoms with Gasteiger partial charge in [-0.2, -0.15) is 5.26 Å². The number of hydrogen-bond donors (Lipinski definition) is 1. The molecule has 3 heterocycles. The van der Waals surface area contributed by atoms with Gasteiger partial charge in [0, 0.05) is 25.4 Å². The monoisotopic (exact) mass is 315 g/mol. The van der Waals surface area contributed by atoms with E-state index >= 15 is 0 Å². The van der Waals surface area contributed by atoms with Gasteiger partial charge >= 0.3 is 0 Å². The average molecular weight is 315 g/mol. The topological polar surface area (TPSA) is 108 Å². The van der Waals surface area contributed by atoms with Gasteiger partial charge in [0.2, 0.25) is 17.5 Å². The van der Waals surface area contributed by atoms with Crippen LogP contribution in [0, 0.1) is 11.3 Å². The molecule has 8 heteroatoms. The minimum atomic E-state index is -0.424. The molecule has 8 nitrogen and oxygen atoms in total. The van der Waals surface area contributed by atoms with Crippen molar-refractivity contribution < 1.29 is 14.3 Å². The Hall–Kier alpha value is -2.69. The fraction of sp³-hybridized carbons (Fsp3) is 0.533. The van der Waals surface area contributed by atoms with E-state index in [-0.39, 0.29) is 29.5 Å². The Morgan fingerprint density at radius 3 is 2.96 bits per heavy atom. The zero-order valence-corrected chi connectivity index (χ0v) is 12.6. The third kappa shape index (κ3) is 3.39. The van der Waals surface area contributed by atoms with E-state index in [0.717, 1.165) is 12.8 Å². The predicted octanol–water partition coefficient (Wildman–Crippen LogP) is -0.00332. The summed E-state index contributed by atoms with van der Waals surface area (Å²) in [6, 6.07) is 1.52. The number of ether oxygens (including phenoxy) is 1. The highest BCUT2D eigenvalue weighted by atomic mass is 16.5. The first-order valence-corrected chi connectivity index (χ1v) is 7.63. The maximum Gasteiger partial charge on any atom is 0.251 e. The Morgan fingerprint density at radius 2 is 2.22 bits per heavy atom. The lowest BCUT2D eigenvalue weighted by Crippen LogP contribution is -2.50. The molecular formula is C15H17N5O3. The smallest absolute Gasteiger partial charge is 0.251 e. The summed E-state index contributed by atoms with van der Waals surface area (Å²) in [6.45, 7) is 1.07. The third-order valence-electron chi connectivity index (χ3n) is 4.03. The fourth-order valence-corrected chi connectivity index (χ4v) is 2.90. The van der Waals surface area contributed by atoms with Crippen molar-refractivity contribution in [2.24, 2.45) is 0 Å². The Morgan fingerprint density at radius 1 is 1.39 bits per heavy atom. The second-order valence-electron chi connectivity index (χ2n) is 5.65. The summed E-state index contributed by atoms with van der Waals surface area (Å²) in [5.41, 5.74) is 0.138. The van der Waals surface area contributed by atoms with Crippen LogP contribution in [0.1, 0.15) is 31.4 Å². The Bertz CT molecular complexity index is 657. The second-order valence-corrected chi connectivity index (χ2v) is 5.65. The van der Waals surface area contributed by atoms with E-state index in [1.54, 1.807) is 4.90 Å². The number of amides is 2. The molecule has 0 radical (unpaired) electrons. The van der Waals surface area contributed by atoms with Crippen molar-refractivity contribution in [3.8, 4) is 11.9 Å². The van der Waals surface area contributed by atoms with E-state index in [0.29, 0.717) is 25.9 Å². The number of hydrogen-bond acceptors (Lipinski definition) is 6. The predicted molar refractivity (Wildman–Crippen MR) is 78.1 cm³/mol. The zero-order valence-electron chi connectivity index (χ0n) is 12.6. The lowest BCUT2D eigenvalue weighted by molar-refractivity contribution is -0.136. The van der Waals surface area contributed by atoms with Crippen LogP contribution in [0.15, 0.2) is 12.4 Å². The van der Waals surface area contributed by atoms with E-state index < -0.39 is 6.04 Å². The minimum Gasteiger partial charge on any atom is -0.470 e. The van der Waals surface area contributed by atoms with E-state index in [1.165, 1.54) is 12.4 Å². The van der Waals surface area contributed by atoms with Gasteiger partial charge in [-0.3, -0.25) is 9.59 Å². The quantitative estimate of drug-likeness (QED) is 0.841. The molecule has 0 saturated carbocycles. The molecule has 120 valence electrons. The first-order chi connectivity index (χ1) is 11.2. The normalized spacial score (nSPS) is 24.0. The van der Waals surface area contributed by atoms with Crippen LogP contribution >= 0.6 is 0 Å². The third-order valence-corrected chi connectivity index (χ3v) is 4.03. The number of nitrogens with zero attached hydrogens (tertiary/aromatic N) is 4.